The molecule has 1 aromatic carbocycles. The molecule has 0 radical (unpaired) electrons. The van der Waals surface area contributed by atoms with Crippen LogP contribution in [0, 0.1) is 5.92 Å². The van der Waals surface area contributed by atoms with Gasteiger partial charge in [0.25, 0.3) is 0 Å². The minimum absolute atomic E-state index is 0.396. The summed E-state index contributed by atoms with van der Waals surface area (Å²) in [6, 6.07) is 6.74. The summed E-state index contributed by atoms with van der Waals surface area (Å²) in [6.45, 7) is 2.47. The van der Waals surface area contributed by atoms with Crippen molar-refractivity contribution in [3.63, 3.8) is 0 Å². The van der Waals surface area contributed by atoms with Crippen LogP contribution in [0.1, 0.15) is 56.6 Å². The third kappa shape index (κ3) is 2.04. The molecule has 0 spiro atoms. The standard InChI is InChI=1S/C17H24O/c1-17-9-5-3-4-6-13(12-17)10-14-7-8-15(18-2)11-16(14)17/h7-8,11,13H,3-6,9-10,12H2,1-2H3/t13-,17-/m1/s1. The van der Waals surface area contributed by atoms with Crippen molar-refractivity contribution >= 4 is 0 Å². The molecule has 1 aromatic rings. The third-order valence-corrected chi connectivity index (χ3v) is 5.06. The Morgan fingerprint density at radius 1 is 1.22 bits per heavy atom. The quantitative estimate of drug-likeness (QED) is 0.707. The highest BCUT2D eigenvalue weighted by Crippen LogP contribution is 2.46. The van der Waals surface area contributed by atoms with Crippen LogP contribution >= 0.6 is 0 Å². The van der Waals surface area contributed by atoms with Gasteiger partial charge in [0.2, 0.25) is 0 Å². The van der Waals surface area contributed by atoms with Crippen molar-refractivity contribution in [1.82, 2.24) is 0 Å². The Bertz CT molecular complexity index is 437. The van der Waals surface area contributed by atoms with Gasteiger partial charge in [0.1, 0.15) is 5.75 Å². The van der Waals surface area contributed by atoms with Gasteiger partial charge in [-0.05, 0) is 53.9 Å². The molecule has 0 heterocycles. The van der Waals surface area contributed by atoms with E-state index in [2.05, 4.69) is 25.1 Å². The fourth-order valence-electron chi connectivity index (χ4n) is 4.12. The van der Waals surface area contributed by atoms with Gasteiger partial charge in [-0.25, -0.2) is 0 Å². The van der Waals surface area contributed by atoms with Gasteiger partial charge in [0.15, 0.2) is 0 Å². The lowest BCUT2D eigenvalue weighted by molar-refractivity contribution is 0.245. The maximum Gasteiger partial charge on any atom is 0.119 e. The highest BCUT2D eigenvalue weighted by atomic mass is 16.5. The molecule has 0 unspecified atom stereocenters. The number of fused-ring (bicyclic) bond motifs is 4. The zero-order valence-electron chi connectivity index (χ0n) is 11.7. The number of methoxy groups -OCH3 is 1. The summed E-state index contributed by atoms with van der Waals surface area (Å²) in [6.07, 6.45) is 9.70. The third-order valence-electron chi connectivity index (χ3n) is 5.06. The van der Waals surface area contributed by atoms with Crippen LogP contribution in [0.3, 0.4) is 0 Å². The Labute approximate surface area is 111 Å². The van der Waals surface area contributed by atoms with Gasteiger partial charge in [0.05, 0.1) is 7.11 Å². The van der Waals surface area contributed by atoms with E-state index in [-0.39, 0.29) is 0 Å². The van der Waals surface area contributed by atoms with Gasteiger partial charge in [-0.1, -0.05) is 38.7 Å². The molecule has 98 valence electrons. The second-order valence-electron chi connectivity index (χ2n) is 6.46. The molecule has 18 heavy (non-hydrogen) atoms. The largest absolute Gasteiger partial charge is 0.497 e. The summed E-state index contributed by atoms with van der Waals surface area (Å²) in [5.74, 6) is 1.94. The van der Waals surface area contributed by atoms with Crippen molar-refractivity contribution in [3.8, 4) is 5.75 Å². The minimum Gasteiger partial charge on any atom is -0.497 e. The SMILES string of the molecule is COc1ccc2c(c1)[C@]1(C)CCCCC[C@H](C2)C1. The summed E-state index contributed by atoms with van der Waals surface area (Å²) < 4.78 is 5.42. The fourth-order valence-corrected chi connectivity index (χ4v) is 4.12. The van der Waals surface area contributed by atoms with Crippen LogP contribution in [0.2, 0.25) is 0 Å². The van der Waals surface area contributed by atoms with Crippen LogP contribution in [-0.4, -0.2) is 7.11 Å². The van der Waals surface area contributed by atoms with E-state index in [1.807, 2.05) is 0 Å². The number of hydrogen-bond donors (Lipinski definition) is 0. The average Bonchev–Trinajstić information content (AvgIpc) is 2.36. The molecule has 1 nitrogen and oxygen atoms in total. The highest BCUT2D eigenvalue weighted by molar-refractivity contribution is 5.42. The second-order valence-corrected chi connectivity index (χ2v) is 6.46. The zero-order valence-corrected chi connectivity index (χ0v) is 11.7. The maximum atomic E-state index is 5.42. The lowest BCUT2D eigenvalue weighted by Gasteiger charge is -2.42. The van der Waals surface area contributed by atoms with E-state index in [9.17, 15) is 0 Å². The van der Waals surface area contributed by atoms with Crippen LogP contribution in [-0.2, 0) is 11.8 Å². The Morgan fingerprint density at radius 3 is 2.94 bits per heavy atom. The van der Waals surface area contributed by atoms with Gasteiger partial charge in [0, 0.05) is 0 Å². The Hall–Kier alpha value is -0.980. The minimum atomic E-state index is 0.396. The van der Waals surface area contributed by atoms with E-state index < -0.39 is 0 Å². The van der Waals surface area contributed by atoms with Crippen molar-refractivity contribution in [3.05, 3.63) is 29.3 Å². The van der Waals surface area contributed by atoms with Gasteiger partial charge >= 0.3 is 0 Å². The molecule has 2 aliphatic rings. The monoisotopic (exact) mass is 244 g/mol. The van der Waals surface area contributed by atoms with Crippen molar-refractivity contribution in [2.45, 2.75) is 57.3 Å². The van der Waals surface area contributed by atoms with Crippen LogP contribution in [0.5, 0.6) is 5.75 Å². The summed E-state index contributed by atoms with van der Waals surface area (Å²) in [7, 11) is 1.77. The Balaban J connectivity index is 2.03. The van der Waals surface area contributed by atoms with Crippen molar-refractivity contribution in [2.24, 2.45) is 5.92 Å². The molecule has 0 amide bonds. The summed E-state index contributed by atoms with van der Waals surface area (Å²) in [4.78, 5) is 0. The van der Waals surface area contributed by atoms with Gasteiger partial charge < -0.3 is 4.74 Å². The summed E-state index contributed by atoms with van der Waals surface area (Å²) in [5, 5.41) is 0. The Kier molecular flexibility index (Phi) is 3.09. The van der Waals surface area contributed by atoms with E-state index in [1.165, 1.54) is 44.9 Å². The molecule has 0 aliphatic heterocycles. The average molecular weight is 244 g/mol. The van der Waals surface area contributed by atoms with Crippen molar-refractivity contribution < 1.29 is 4.74 Å². The fraction of sp³-hybridized carbons (Fsp3) is 0.647. The number of benzene rings is 1. The maximum absolute atomic E-state index is 5.42. The lowest BCUT2D eigenvalue weighted by Crippen LogP contribution is -2.33. The van der Waals surface area contributed by atoms with Crippen molar-refractivity contribution in [2.75, 3.05) is 7.11 Å². The first kappa shape index (κ1) is 12.1. The molecule has 2 aliphatic carbocycles. The normalized spacial score (nSPS) is 31.1. The molecule has 2 bridgehead atoms. The number of hydrogen-bond acceptors (Lipinski definition) is 1. The smallest absolute Gasteiger partial charge is 0.119 e. The molecule has 0 aromatic heterocycles. The van der Waals surface area contributed by atoms with Crippen LogP contribution in [0.15, 0.2) is 18.2 Å². The highest BCUT2D eigenvalue weighted by Gasteiger charge is 2.37. The van der Waals surface area contributed by atoms with Crippen LogP contribution in [0.4, 0.5) is 0 Å². The lowest BCUT2D eigenvalue weighted by atomic mass is 9.63. The van der Waals surface area contributed by atoms with Crippen molar-refractivity contribution in [1.29, 1.82) is 0 Å². The number of rotatable bonds is 1. The second kappa shape index (κ2) is 4.60. The molecule has 1 saturated carbocycles. The topological polar surface area (TPSA) is 9.23 Å². The summed E-state index contributed by atoms with van der Waals surface area (Å²) >= 11 is 0. The van der Waals surface area contributed by atoms with E-state index in [1.54, 1.807) is 18.2 Å². The molecule has 0 saturated heterocycles. The van der Waals surface area contributed by atoms with Crippen LogP contribution in [0.25, 0.3) is 0 Å². The van der Waals surface area contributed by atoms with Gasteiger partial charge in [-0.3, -0.25) is 0 Å². The molecule has 3 rings (SSSR count). The molecule has 1 fully saturated rings. The van der Waals surface area contributed by atoms with E-state index in [4.69, 9.17) is 4.74 Å². The van der Waals surface area contributed by atoms with E-state index >= 15 is 0 Å². The van der Waals surface area contributed by atoms with Crippen LogP contribution < -0.4 is 4.74 Å². The van der Waals surface area contributed by atoms with Gasteiger partial charge in [-0.2, -0.15) is 0 Å². The molecular formula is C17H24O. The summed E-state index contributed by atoms with van der Waals surface area (Å²) in [5.41, 5.74) is 3.55. The molecule has 0 N–H and O–H groups in total. The first-order valence-corrected chi connectivity index (χ1v) is 7.39. The molecule has 2 atom stereocenters. The van der Waals surface area contributed by atoms with E-state index in [0.29, 0.717) is 5.41 Å². The van der Waals surface area contributed by atoms with E-state index in [0.717, 1.165) is 11.7 Å². The van der Waals surface area contributed by atoms with Gasteiger partial charge in [-0.15, -0.1) is 0 Å². The predicted molar refractivity (Wildman–Crippen MR) is 75.2 cm³/mol. The first-order valence-electron chi connectivity index (χ1n) is 7.39. The predicted octanol–water partition coefficient (Wildman–Crippen LogP) is 4.48. The first-order chi connectivity index (χ1) is 8.71. The number of ether oxygens (including phenoxy) is 1. The zero-order chi connectivity index (χ0) is 12.6. The Morgan fingerprint density at radius 2 is 2.11 bits per heavy atom. The molecular weight excluding hydrogens is 220 g/mol. The molecule has 1 heteroatoms.